The molecule has 0 radical (unpaired) electrons. The number of nitrogens with zero attached hydrogens (tertiary/aromatic N) is 2. The lowest BCUT2D eigenvalue weighted by Crippen LogP contribution is -2.22. The lowest BCUT2D eigenvalue weighted by atomic mass is 10.0. The zero-order valence-electron chi connectivity index (χ0n) is 13.4. The molecule has 5 heteroatoms. The topological polar surface area (TPSA) is 33.2 Å². The molecule has 1 saturated carbocycles. The van der Waals surface area contributed by atoms with Crippen LogP contribution in [0.1, 0.15) is 44.7 Å². The third kappa shape index (κ3) is 4.36. The van der Waals surface area contributed by atoms with Gasteiger partial charge in [-0.15, -0.1) is 11.3 Å². The van der Waals surface area contributed by atoms with Crippen LogP contribution in [0.5, 0.6) is 0 Å². The first-order chi connectivity index (χ1) is 11.2. The molecular weight excluding hydrogens is 324 g/mol. The lowest BCUT2D eigenvalue weighted by Gasteiger charge is -2.20. The van der Waals surface area contributed by atoms with Crippen LogP contribution in [0.3, 0.4) is 0 Å². The molecule has 0 saturated heterocycles. The van der Waals surface area contributed by atoms with Gasteiger partial charge in [-0.05, 0) is 25.0 Å². The molecule has 1 aromatic carbocycles. The van der Waals surface area contributed by atoms with Crippen molar-refractivity contribution in [1.82, 2.24) is 4.98 Å². The van der Waals surface area contributed by atoms with E-state index < -0.39 is 0 Å². The van der Waals surface area contributed by atoms with E-state index in [0.29, 0.717) is 0 Å². The number of carbonyl (C=O) groups excluding carboxylic acids is 1. The van der Waals surface area contributed by atoms with Gasteiger partial charge in [0, 0.05) is 23.3 Å². The lowest BCUT2D eigenvalue weighted by molar-refractivity contribution is -0.115. The highest BCUT2D eigenvalue weighted by Crippen LogP contribution is 2.33. The molecule has 0 N–H and O–H groups in total. The van der Waals surface area contributed by atoms with Crippen LogP contribution < -0.4 is 4.90 Å². The first kappa shape index (κ1) is 16.5. The first-order valence-corrected chi connectivity index (χ1v) is 10.1. The van der Waals surface area contributed by atoms with Gasteiger partial charge in [-0.1, -0.05) is 37.5 Å². The summed E-state index contributed by atoms with van der Waals surface area (Å²) in [4.78, 5) is 18.4. The minimum Gasteiger partial charge on any atom is -0.274 e. The summed E-state index contributed by atoms with van der Waals surface area (Å²) >= 11 is 3.57. The highest BCUT2D eigenvalue weighted by atomic mass is 32.2. The van der Waals surface area contributed by atoms with Gasteiger partial charge in [0.2, 0.25) is 5.91 Å². The predicted molar refractivity (Wildman–Crippen MR) is 99.5 cm³/mol. The van der Waals surface area contributed by atoms with Crippen molar-refractivity contribution in [3.05, 3.63) is 41.4 Å². The van der Waals surface area contributed by atoms with Crippen molar-refractivity contribution in [3.63, 3.8) is 0 Å². The Balaban J connectivity index is 1.68. The Morgan fingerprint density at radius 2 is 2.00 bits per heavy atom. The molecule has 122 valence electrons. The number of thioether (sulfide) groups is 1. The fourth-order valence-corrected chi connectivity index (χ4v) is 5.12. The van der Waals surface area contributed by atoms with Gasteiger partial charge in [0.1, 0.15) is 0 Å². The number of amides is 1. The molecule has 3 rings (SSSR count). The summed E-state index contributed by atoms with van der Waals surface area (Å²) in [5.74, 6) is 0.943. The molecule has 2 aromatic rings. The Morgan fingerprint density at radius 3 is 2.70 bits per heavy atom. The second kappa shape index (κ2) is 7.97. The molecule has 0 bridgehead atoms. The molecule has 1 aliphatic rings. The molecule has 1 aromatic heterocycles. The highest BCUT2D eigenvalue weighted by Gasteiger charge is 2.19. The molecule has 0 atom stereocenters. The molecule has 1 amide bonds. The zero-order chi connectivity index (χ0) is 16.1. The van der Waals surface area contributed by atoms with Gasteiger partial charge in [-0.3, -0.25) is 9.69 Å². The quantitative estimate of drug-likeness (QED) is 0.727. The number of benzene rings is 1. The van der Waals surface area contributed by atoms with Crippen LogP contribution in [-0.4, -0.2) is 16.1 Å². The van der Waals surface area contributed by atoms with E-state index in [-0.39, 0.29) is 5.91 Å². The summed E-state index contributed by atoms with van der Waals surface area (Å²) < 4.78 is 0. The SMILES string of the molecule is CC(=O)N(c1ccccc1)c1nc(CSC2CCCCC2)cs1. The molecule has 1 heterocycles. The smallest absolute Gasteiger partial charge is 0.230 e. The third-order valence-corrected chi connectivity index (χ3v) is 6.36. The van der Waals surface area contributed by atoms with Gasteiger partial charge in [0.05, 0.1) is 11.4 Å². The number of rotatable bonds is 5. The Bertz CT molecular complexity index is 635. The Kier molecular flexibility index (Phi) is 5.73. The summed E-state index contributed by atoms with van der Waals surface area (Å²) in [5.41, 5.74) is 1.96. The number of para-hydroxylation sites is 1. The number of hydrogen-bond donors (Lipinski definition) is 0. The molecule has 1 fully saturated rings. The summed E-state index contributed by atoms with van der Waals surface area (Å²) in [5, 5.41) is 3.64. The summed E-state index contributed by atoms with van der Waals surface area (Å²) in [6, 6.07) is 9.73. The van der Waals surface area contributed by atoms with Crippen LogP contribution in [0.2, 0.25) is 0 Å². The van der Waals surface area contributed by atoms with Crippen molar-refractivity contribution in [1.29, 1.82) is 0 Å². The van der Waals surface area contributed by atoms with E-state index in [0.717, 1.165) is 27.5 Å². The van der Waals surface area contributed by atoms with Gasteiger partial charge in [-0.2, -0.15) is 11.8 Å². The van der Waals surface area contributed by atoms with E-state index in [1.54, 1.807) is 23.2 Å². The summed E-state index contributed by atoms with van der Waals surface area (Å²) in [7, 11) is 0. The second-order valence-electron chi connectivity index (χ2n) is 5.88. The van der Waals surface area contributed by atoms with Gasteiger partial charge in [0.25, 0.3) is 0 Å². The normalized spacial score (nSPS) is 15.5. The van der Waals surface area contributed by atoms with Gasteiger partial charge >= 0.3 is 0 Å². The monoisotopic (exact) mass is 346 g/mol. The minimum absolute atomic E-state index is 0.00275. The molecule has 23 heavy (non-hydrogen) atoms. The van der Waals surface area contributed by atoms with E-state index in [2.05, 4.69) is 5.38 Å². The first-order valence-electron chi connectivity index (χ1n) is 8.16. The molecule has 3 nitrogen and oxygen atoms in total. The predicted octanol–water partition coefficient (Wildman–Crippen LogP) is 5.39. The number of anilines is 2. The maximum atomic E-state index is 12.0. The van der Waals surface area contributed by atoms with Crippen LogP contribution >= 0.6 is 23.1 Å². The van der Waals surface area contributed by atoms with Crippen molar-refractivity contribution in [2.75, 3.05) is 4.90 Å². The van der Waals surface area contributed by atoms with E-state index in [1.807, 2.05) is 42.1 Å². The molecule has 0 aliphatic heterocycles. The maximum Gasteiger partial charge on any atom is 0.230 e. The summed E-state index contributed by atoms with van der Waals surface area (Å²) in [6.07, 6.45) is 6.80. The van der Waals surface area contributed by atoms with Gasteiger partial charge in [0.15, 0.2) is 5.13 Å². The summed E-state index contributed by atoms with van der Waals surface area (Å²) in [6.45, 7) is 1.59. The van der Waals surface area contributed by atoms with E-state index in [4.69, 9.17) is 4.98 Å². The zero-order valence-corrected chi connectivity index (χ0v) is 15.0. The van der Waals surface area contributed by atoms with Gasteiger partial charge < -0.3 is 0 Å². The number of carbonyl (C=O) groups is 1. The molecule has 0 spiro atoms. The van der Waals surface area contributed by atoms with Crippen molar-refractivity contribution >= 4 is 39.8 Å². The fourth-order valence-electron chi connectivity index (χ4n) is 2.90. The average Bonchev–Trinajstić information content (AvgIpc) is 3.03. The van der Waals surface area contributed by atoms with Crippen molar-refractivity contribution < 1.29 is 4.79 Å². The minimum atomic E-state index is -0.00275. The Labute approximate surface area is 146 Å². The average molecular weight is 347 g/mol. The van der Waals surface area contributed by atoms with E-state index in [9.17, 15) is 4.79 Å². The Hall–Kier alpha value is -1.33. The van der Waals surface area contributed by atoms with Crippen molar-refractivity contribution in [2.24, 2.45) is 0 Å². The van der Waals surface area contributed by atoms with Crippen molar-refractivity contribution in [3.8, 4) is 0 Å². The van der Waals surface area contributed by atoms with E-state index >= 15 is 0 Å². The van der Waals surface area contributed by atoms with Crippen LogP contribution in [0, 0.1) is 0 Å². The standard InChI is InChI=1S/C18H22N2OS2/c1-14(21)20(16-8-4-2-5-9-16)18-19-15(13-23-18)12-22-17-10-6-3-7-11-17/h2,4-5,8-9,13,17H,3,6-7,10-12H2,1H3. The number of thiazole rings is 1. The van der Waals surface area contributed by atoms with Crippen LogP contribution in [0.15, 0.2) is 35.7 Å². The molecule has 1 aliphatic carbocycles. The number of aromatic nitrogens is 1. The largest absolute Gasteiger partial charge is 0.274 e. The Morgan fingerprint density at radius 1 is 1.26 bits per heavy atom. The fraction of sp³-hybridized carbons (Fsp3) is 0.444. The van der Waals surface area contributed by atoms with Crippen LogP contribution in [0.25, 0.3) is 0 Å². The number of hydrogen-bond acceptors (Lipinski definition) is 4. The second-order valence-corrected chi connectivity index (χ2v) is 8.01. The third-order valence-electron chi connectivity index (χ3n) is 4.08. The van der Waals surface area contributed by atoms with E-state index in [1.165, 1.54) is 32.1 Å². The highest BCUT2D eigenvalue weighted by molar-refractivity contribution is 7.99. The molecular formula is C18H22N2OS2. The maximum absolute atomic E-state index is 12.0. The van der Waals surface area contributed by atoms with Crippen LogP contribution in [-0.2, 0) is 10.5 Å². The van der Waals surface area contributed by atoms with Crippen molar-refractivity contribution in [2.45, 2.75) is 50.0 Å². The van der Waals surface area contributed by atoms with Crippen LogP contribution in [0.4, 0.5) is 10.8 Å². The molecule has 0 unspecified atom stereocenters. The van der Waals surface area contributed by atoms with Gasteiger partial charge in [-0.25, -0.2) is 4.98 Å².